The van der Waals surface area contributed by atoms with Crippen molar-refractivity contribution < 1.29 is 14.9 Å². The maximum Gasteiger partial charge on any atom is 0.122 e. The quantitative estimate of drug-likeness (QED) is 0.839. The van der Waals surface area contributed by atoms with Crippen molar-refractivity contribution in [2.45, 2.75) is 58.7 Å². The summed E-state index contributed by atoms with van der Waals surface area (Å²) in [5.74, 6) is 1.16. The van der Waals surface area contributed by atoms with E-state index in [0.717, 1.165) is 30.8 Å². The first-order chi connectivity index (χ1) is 11.2. The molecule has 3 atom stereocenters. The number of aliphatic hydroxyl groups is 2. The number of likely N-dealkylation sites (tertiary alicyclic amines) is 1. The minimum absolute atomic E-state index is 0.124. The minimum Gasteiger partial charge on any atom is -0.491 e. The minimum atomic E-state index is -0.514. The molecule has 2 N–H and O–H groups in total. The van der Waals surface area contributed by atoms with Gasteiger partial charge in [-0.05, 0) is 55.3 Å². The number of β-amino-alcohol motifs (C(OH)–C–C–N with tert-alkyl or cyclic N) is 1. The van der Waals surface area contributed by atoms with Gasteiger partial charge in [0.05, 0.1) is 6.10 Å². The normalized spacial score (nSPS) is 21.7. The summed E-state index contributed by atoms with van der Waals surface area (Å²) in [6.45, 7) is 13.2. The Bertz CT molecular complexity index is 536. The van der Waals surface area contributed by atoms with Crippen molar-refractivity contribution in [1.29, 1.82) is 0 Å². The van der Waals surface area contributed by atoms with E-state index in [0.29, 0.717) is 19.1 Å². The van der Waals surface area contributed by atoms with E-state index in [4.69, 9.17) is 4.74 Å². The van der Waals surface area contributed by atoms with Gasteiger partial charge in [-0.25, -0.2) is 0 Å². The lowest BCUT2D eigenvalue weighted by atomic mass is 9.86. The number of nitrogens with zero attached hydrogens (tertiary/aromatic N) is 1. The zero-order valence-electron chi connectivity index (χ0n) is 15.7. The molecule has 0 saturated carbocycles. The Hall–Kier alpha value is -1.10. The van der Waals surface area contributed by atoms with Crippen molar-refractivity contribution in [2.75, 3.05) is 26.2 Å². The van der Waals surface area contributed by atoms with Gasteiger partial charge in [0.2, 0.25) is 0 Å². The van der Waals surface area contributed by atoms with Crippen LogP contribution in [-0.4, -0.2) is 53.6 Å². The molecule has 0 bridgehead atoms. The first kappa shape index (κ1) is 19.2. The number of benzene rings is 1. The van der Waals surface area contributed by atoms with Crippen LogP contribution in [0.3, 0.4) is 0 Å². The Morgan fingerprint density at radius 3 is 2.54 bits per heavy atom. The van der Waals surface area contributed by atoms with Crippen LogP contribution >= 0.6 is 0 Å². The third kappa shape index (κ3) is 5.20. The van der Waals surface area contributed by atoms with Crippen LogP contribution < -0.4 is 4.74 Å². The predicted molar refractivity (Wildman–Crippen MR) is 97.6 cm³/mol. The molecular formula is C20H33NO3. The van der Waals surface area contributed by atoms with Gasteiger partial charge in [-0.15, -0.1) is 0 Å². The van der Waals surface area contributed by atoms with Gasteiger partial charge in [0.25, 0.3) is 0 Å². The molecule has 0 aliphatic carbocycles. The van der Waals surface area contributed by atoms with Gasteiger partial charge < -0.3 is 19.8 Å². The van der Waals surface area contributed by atoms with Crippen molar-refractivity contribution in [3.63, 3.8) is 0 Å². The highest BCUT2D eigenvalue weighted by molar-refractivity contribution is 5.38. The molecule has 0 aromatic heterocycles. The fourth-order valence-electron chi connectivity index (χ4n) is 3.24. The van der Waals surface area contributed by atoms with Gasteiger partial charge in [-0.2, -0.15) is 0 Å². The third-order valence-electron chi connectivity index (χ3n) is 4.93. The molecule has 1 heterocycles. The van der Waals surface area contributed by atoms with Crippen molar-refractivity contribution in [3.05, 3.63) is 29.3 Å². The molecule has 4 nitrogen and oxygen atoms in total. The Balaban J connectivity index is 1.83. The van der Waals surface area contributed by atoms with Crippen molar-refractivity contribution in [1.82, 2.24) is 4.90 Å². The summed E-state index contributed by atoms with van der Waals surface area (Å²) in [5.41, 5.74) is 2.51. The lowest BCUT2D eigenvalue weighted by molar-refractivity contribution is 0.0694. The molecule has 4 heteroatoms. The topological polar surface area (TPSA) is 52.9 Å². The van der Waals surface area contributed by atoms with E-state index < -0.39 is 6.10 Å². The largest absolute Gasteiger partial charge is 0.491 e. The third-order valence-corrected chi connectivity index (χ3v) is 4.93. The second kappa shape index (κ2) is 7.85. The summed E-state index contributed by atoms with van der Waals surface area (Å²) in [7, 11) is 0. The number of hydrogen-bond acceptors (Lipinski definition) is 4. The van der Waals surface area contributed by atoms with Crippen LogP contribution in [0.5, 0.6) is 5.75 Å². The first-order valence-electron chi connectivity index (χ1n) is 8.99. The highest BCUT2D eigenvalue weighted by atomic mass is 16.5. The molecule has 136 valence electrons. The lowest BCUT2D eigenvalue weighted by Crippen LogP contribution is -2.35. The van der Waals surface area contributed by atoms with Crippen molar-refractivity contribution >= 4 is 0 Å². The smallest absolute Gasteiger partial charge is 0.122 e. The molecule has 0 radical (unpaired) electrons. The molecule has 1 aliphatic rings. The summed E-state index contributed by atoms with van der Waals surface area (Å²) in [6, 6.07) is 6.26. The second-order valence-corrected chi connectivity index (χ2v) is 8.24. The predicted octanol–water partition coefficient (Wildman–Crippen LogP) is 2.73. The van der Waals surface area contributed by atoms with Crippen molar-refractivity contribution in [2.24, 2.45) is 5.92 Å². The van der Waals surface area contributed by atoms with E-state index in [9.17, 15) is 10.2 Å². The summed E-state index contributed by atoms with van der Waals surface area (Å²) in [5, 5.41) is 19.9. The molecule has 1 aliphatic heterocycles. The molecule has 0 amide bonds. The van der Waals surface area contributed by atoms with E-state index in [1.165, 1.54) is 5.56 Å². The summed E-state index contributed by atoms with van der Waals surface area (Å²) < 4.78 is 5.82. The van der Waals surface area contributed by atoms with Crippen LogP contribution in [0.15, 0.2) is 18.2 Å². The van der Waals surface area contributed by atoms with Gasteiger partial charge in [0.1, 0.15) is 18.5 Å². The number of aliphatic hydroxyl groups excluding tert-OH is 2. The van der Waals surface area contributed by atoms with E-state index in [1.54, 1.807) is 0 Å². The molecule has 1 fully saturated rings. The highest BCUT2D eigenvalue weighted by Crippen LogP contribution is 2.27. The monoisotopic (exact) mass is 335 g/mol. The maximum atomic E-state index is 10.2. The Morgan fingerprint density at radius 2 is 2.00 bits per heavy atom. The Kier molecular flexibility index (Phi) is 6.29. The first-order valence-corrected chi connectivity index (χ1v) is 8.99. The van der Waals surface area contributed by atoms with Gasteiger partial charge in [0.15, 0.2) is 0 Å². The van der Waals surface area contributed by atoms with Gasteiger partial charge in [0, 0.05) is 13.1 Å². The van der Waals surface area contributed by atoms with E-state index >= 15 is 0 Å². The standard InChI is InChI=1S/C20H33NO3/c1-14-10-17(20(3,4)5)6-7-19(14)24-13-18(23)12-21-9-8-16(11-21)15(2)22/h6-7,10,15-16,18,22-23H,8-9,11-13H2,1-5H3. The molecule has 2 rings (SSSR count). The number of hydrogen-bond donors (Lipinski definition) is 2. The molecule has 0 spiro atoms. The number of rotatable bonds is 6. The van der Waals surface area contributed by atoms with Crippen molar-refractivity contribution in [3.8, 4) is 5.75 Å². The second-order valence-electron chi connectivity index (χ2n) is 8.24. The number of ether oxygens (including phenoxy) is 1. The Labute approximate surface area is 146 Å². The van der Waals surface area contributed by atoms with Crippen LogP contribution in [0.1, 0.15) is 45.2 Å². The van der Waals surface area contributed by atoms with Gasteiger partial charge >= 0.3 is 0 Å². The van der Waals surface area contributed by atoms with E-state index in [2.05, 4.69) is 37.8 Å². The average Bonchev–Trinajstić information content (AvgIpc) is 2.93. The molecular weight excluding hydrogens is 302 g/mol. The lowest BCUT2D eigenvalue weighted by Gasteiger charge is -2.23. The van der Waals surface area contributed by atoms with Gasteiger partial charge in [-0.3, -0.25) is 0 Å². The van der Waals surface area contributed by atoms with Crippen LogP contribution in [0, 0.1) is 12.8 Å². The van der Waals surface area contributed by atoms with Crippen LogP contribution in [0.4, 0.5) is 0 Å². The van der Waals surface area contributed by atoms with Crippen LogP contribution in [-0.2, 0) is 5.41 Å². The molecule has 24 heavy (non-hydrogen) atoms. The summed E-state index contributed by atoms with van der Waals surface area (Å²) in [4.78, 5) is 2.21. The van der Waals surface area contributed by atoms with Crippen LogP contribution in [0.25, 0.3) is 0 Å². The fraction of sp³-hybridized carbons (Fsp3) is 0.700. The summed E-state index contributed by atoms with van der Waals surface area (Å²) >= 11 is 0. The van der Waals surface area contributed by atoms with Crippen LogP contribution in [0.2, 0.25) is 0 Å². The zero-order valence-corrected chi connectivity index (χ0v) is 15.7. The SMILES string of the molecule is Cc1cc(C(C)(C)C)ccc1OCC(O)CN1CCC(C(C)O)C1. The molecule has 1 saturated heterocycles. The Morgan fingerprint density at radius 1 is 1.29 bits per heavy atom. The molecule has 1 aromatic rings. The van der Waals surface area contributed by atoms with E-state index in [-0.39, 0.29) is 11.5 Å². The van der Waals surface area contributed by atoms with Gasteiger partial charge in [-0.1, -0.05) is 32.9 Å². The molecule has 1 aromatic carbocycles. The average molecular weight is 335 g/mol. The van der Waals surface area contributed by atoms with E-state index in [1.807, 2.05) is 19.9 Å². The zero-order chi connectivity index (χ0) is 17.9. The highest BCUT2D eigenvalue weighted by Gasteiger charge is 2.27. The number of aryl methyl sites for hydroxylation is 1. The summed E-state index contributed by atoms with van der Waals surface area (Å²) in [6.07, 6.45) is 0.213. The maximum absolute atomic E-state index is 10.2. The fourth-order valence-corrected chi connectivity index (χ4v) is 3.24. The molecule has 3 unspecified atom stereocenters.